The van der Waals surface area contributed by atoms with Crippen molar-refractivity contribution in [2.24, 2.45) is 5.92 Å². The lowest BCUT2D eigenvalue weighted by molar-refractivity contribution is -0.137. The molecule has 1 amide bonds. The number of carbonyl (C=O) groups is 1. The average Bonchev–Trinajstić information content (AvgIpc) is 2.91. The molecule has 0 aromatic carbocycles. The minimum Gasteiger partial charge on any atom is -0.377 e. The zero-order valence-corrected chi connectivity index (χ0v) is 15.8. The molecule has 25 heavy (non-hydrogen) atoms. The Balaban J connectivity index is 1.53. The molecule has 0 atom stereocenters. The van der Waals surface area contributed by atoms with Crippen LogP contribution < -0.4 is 4.90 Å². The van der Waals surface area contributed by atoms with E-state index in [0.717, 1.165) is 45.6 Å². The van der Waals surface area contributed by atoms with E-state index in [1.54, 1.807) is 0 Å². The summed E-state index contributed by atoms with van der Waals surface area (Å²) in [6.45, 7) is 4.88. The van der Waals surface area contributed by atoms with E-state index in [1.165, 1.54) is 36.9 Å². The number of likely N-dealkylation sites (tertiary alicyclic amines) is 2. The van der Waals surface area contributed by atoms with Crippen molar-refractivity contribution in [3.05, 3.63) is 24.0 Å². The van der Waals surface area contributed by atoms with Crippen LogP contribution in [0.25, 0.3) is 0 Å². The molecule has 0 bridgehead atoms. The van der Waals surface area contributed by atoms with E-state index in [9.17, 15) is 4.79 Å². The second kappa shape index (κ2) is 8.65. The van der Waals surface area contributed by atoms with Gasteiger partial charge in [0, 0.05) is 63.3 Å². The molecule has 3 heterocycles. The highest BCUT2D eigenvalue weighted by Gasteiger charge is 2.29. The maximum Gasteiger partial charge on any atom is 0.225 e. The minimum atomic E-state index is 0.233. The third-order valence-electron chi connectivity index (χ3n) is 5.61. The van der Waals surface area contributed by atoms with Gasteiger partial charge in [-0.2, -0.15) is 0 Å². The monoisotopic (exact) mass is 344 g/mol. The normalized spacial score (nSPS) is 20.3. The lowest BCUT2D eigenvalue weighted by Crippen LogP contribution is -2.42. The van der Waals surface area contributed by atoms with Crippen LogP contribution in [-0.4, -0.2) is 61.0 Å². The summed E-state index contributed by atoms with van der Waals surface area (Å²) in [5.74, 6) is 0.647. The molecule has 1 aromatic rings. The fourth-order valence-corrected chi connectivity index (χ4v) is 4.11. The molecular weight excluding hydrogens is 312 g/mol. The van der Waals surface area contributed by atoms with E-state index < -0.39 is 0 Å². The summed E-state index contributed by atoms with van der Waals surface area (Å²) in [5, 5.41) is 0. The number of carbonyl (C=O) groups excluding carboxylic acids is 1. The van der Waals surface area contributed by atoms with E-state index in [4.69, 9.17) is 0 Å². The smallest absolute Gasteiger partial charge is 0.225 e. The van der Waals surface area contributed by atoms with Crippen LogP contribution in [0.2, 0.25) is 0 Å². The van der Waals surface area contributed by atoms with E-state index in [2.05, 4.69) is 39.8 Å². The zero-order valence-electron chi connectivity index (χ0n) is 15.8. The van der Waals surface area contributed by atoms with E-state index in [0.29, 0.717) is 5.91 Å². The van der Waals surface area contributed by atoms with Gasteiger partial charge in [0.15, 0.2) is 0 Å². The maximum absolute atomic E-state index is 12.8. The molecule has 5 nitrogen and oxygen atoms in total. The maximum atomic E-state index is 12.8. The molecule has 2 aliphatic heterocycles. The lowest BCUT2D eigenvalue weighted by atomic mass is 9.94. The second-order valence-electron chi connectivity index (χ2n) is 7.69. The molecule has 0 aliphatic carbocycles. The van der Waals surface area contributed by atoms with Gasteiger partial charge in [0.1, 0.15) is 0 Å². The van der Waals surface area contributed by atoms with Crippen molar-refractivity contribution in [1.82, 2.24) is 14.8 Å². The molecule has 0 radical (unpaired) electrons. The number of pyridine rings is 1. The average molecular weight is 345 g/mol. The number of amides is 1. The van der Waals surface area contributed by atoms with E-state index in [1.807, 2.05) is 12.4 Å². The molecule has 0 saturated carbocycles. The Hall–Kier alpha value is -1.62. The van der Waals surface area contributed by atoms with Crippen molar-refractivity contribution in [1.29, 1.82) is 0 Å². The summed E-state index contributed by atoms with van der Waals surface area (Å²) in [6.07, 6.45) is 10.7. The quantitative estimate of drug-likeness (QED) is 0.842. The molecule has 2 saturated heterocycles. The number of aromatic nitrogens is 1. The predicted octanol–water partition coefficient (Wildman–Crippen LogP) is 2.76. The van der Waals surface area contributed by atoms with Gasteiger partial charge in [0.05, 0.1) is 0 Å². The highest BCUT2D eigenvalue weighted by Crippen LogP contribution is 2.25. The van der Waals surface area contributed by atoms with Crippen molar-refractivity contribution in [2.45, 2.75) is 45.1 Å². The number of piperidine rings is 1. The van der Waals surface area contributed by atoms with Crippen LogP contribution in [0.15, 0.2) is 18.5 Å². The molecule has 0 N–H and O–H groups in total. The number of nitrogens with zero attached hydrogens (tertiary/aromatic N) is 4. The fourth-order valence-electron chi connectivity index (χ4n) is 4.11. The van der Waals surface area contributed by atoms with Crippen molar-refractivity contribution in [2.75, 3.05) is 45.2 Å². The molecule has 3 rings (SSSR count). The number of hydrogen-bond acceptors (Lipinski definition) is 4. The van der Waals surface area contributed by atoms with E-state index in [-0.39, 0.29) is 5.92 Å². The summed E-state index contributed by atoms with van der Waals surface area (Å²) < 4.78 is 0. The first-order valence-corrected chi connectivity index (χ1v) is 9.76. The van der Waals surface area contributed by atoms with Crippen LogP contribution in [0.5, 0.6) is 0 Å². The van der Waals surface area contributed by atoms with Gasteiger partial charge in [-0.15, -0.1) is 0 Å². The van der Waals surface area contributed by atoms with Gasteiger partial charge >= 0.3 is 0 Å². The standard InChI is InChI=1S/C20H32N4O/c1-22(2)19-7-10-21-15-18(19)16-23-13-8-17(9-14-23)20(25)24-11-5-3-4-6-12-24/h7,10,15,17H,3-6,8-9,11-14,16H2,1-2H3. The van der Waals surface area contributed by atoms with Gasteiger partial charge < -0.3 is 9.80 Å². The summed E-state index contributed by atoms with van der Waals surface area (Å²) in [5.41, 5.74) is 2.50. The van der Waals surface area contributed by atoms with Gasteiger partial charge in [-0.1, -0.05) is 12.8 Å². The molecule has 138 valence electrons. The lowest BCUT2D eigenvalue weighted by Gasteiger charge is -2.34. The molecular formula is C20H32N4O. The van der Waals surface area contributed by atoms with Crippen molar-refractivity contribution in [3.63, 3.8) is 0 Å². The largest absolute Gasteiger partial charge is 0.377 e. The Labute approximate surface area is 152 Å². The third kappa shape index (κ3) is 4.72. The van der Waals surface area contributed by atoms with Crippen LogP contribution in [0, 0.1) is 5.92 Å². The Kier molecular flexibility index (Phi) is 6.29. The summed E-state index contributed by atoms with van der Waals surface area (Å²) in [4.78, 5) is 23.8. The number of hydrogen-bond donors (Lipinski definition) is 0. The Morgan fingerprint density at radius 3 is 2.44 bits per heavy atom. The summed E-state index contributed by atoms with van der Waals surface area (Å²) in [7, 11) is 4.15. The van der Waals surface area contributed by atoms with Gasteiger partial charge in [-0.05, 0) is 44.8 Å². The van der Waals surface area contributed by atoms with Gasteiger partial charge in [-0.25, -0.2) is 0 Å². The fraction of sp³-hybridized carbons (Fsp3) is 0.700. The van der Waals surface area contributed by atoms with Crippen LogP contribution in [-0.2, 0) is 11.3 Å². The van der Waals surface area contributed by atoms with Crippen molar-refractivity contribution >= 4 is 11.6 Å². The predicted molar refractivity (Wildman–Crippen MR) is 102 cm³/mol. The van der Waals surface area contributed by atoms with Crippen LogP contribution in [0.1, 0.15) is 44.1 Å². The molecule has 2 fully saturated rings. The Bertz CT molecular complexity index is 559. The topological polar surface area (TPSA) is 39.7 Å². The SMILES string of the molecule is CN(C)c1ccncc1CN1CCC(C(=O)N2CCCCCC2)CC1. The van der Waals surface area contributed by atoms with Crippen molar-refractivity contribution < 1.29 is 4.79 Å². The first-order chi connectivity index (χ1) is 12.1. The number of rotatable bonds is 4. The third-order valence-corrected chi connectivity index (χ3v) is 5.61. The summed E-state index contributed by atoms with van der Waals surface area (Å²) in [6, 6.07) is 2.07. The van der Waals surface area contributed by atoms with Crippen LogP contribution in [0.4, 0.5) is 5.69 Å². The molecule has 0 unspecified atom stereocenters. The van der Waals surface area contributed by atoms with Crippen LogP contribution >= 0.6 is 0 Å². The highest BCUT2D eigenvalue weighted by molar-refractivity contribution is 5.79. The first-order valence-electron chi connectivity index (χ1n) is 9.76. The molecule has 1 aromatic heterocycles. The minimum absolute atomic E-state index is 0.233. The molecule has 5 heteroatoms. The van der Waals surface area contributed by atoms with Crippen LogP contribution in [0.3, 0.4) is 0 Å². The van der Waals surface area contributed by atoms with E-state index >= 15 is 0 Å². The first kappa shape index (κ1) is 18.2. The Morgan fingerprint density at radius 2 is 1.80 bits per heavy atom. The Morgan fingerprint density at radius 1 is 1.12 bits per heavy atom. The second-order valence-corrected chi connectivity index (χ2v) is 7.69. The van der Waals surface area contributed by atoms with Gasteiger partial charge in [0.2, 0.25) is 5.91 Å². The van der Waals surface area contributed by atoms with Gasteiger partial charge in [-0.3, -0.25) is 14.7 Å². The molecule has 2 aliphatic rings. The highest BCUT2D eigenvalue weighted by atomic mass is 16.2. The zero-order chi connectivity index (χ0) is 17.6. The number of anilines is 1. The van der Waals surface area contributed by atoms with Crippen molar-refractivity contribution in [3.8, 4) is 0 Å². The molecule has 0 spiro atoms. The summed E-state index contributed by atoms with van der Waals surface area (Å²) >= 11 is 0. The van der Waals surface area contributed by atoms with Gasteiger partial charge in [0.25, 0.3) is 0 Å².